The fourth-order valence-electron chi connectivity index (χ4n) is 3.28. The molecule has 4 nitrogen and oxygen atoms in total. The Kier molecular flexibility index (Phi) is 4.28. The van der Waals surface area contributed by atoms with Crippen molar-refractivity contribution in [3.05, 3.63) is 0 Å². The lowest BCUT2D eigenvalue weighted by molar-refractivity contribution is -0.148. The average Bonchev–Trinajstić information content (AvgIpc) is 2.28. The molecule has 2 aliphatic rings. The summed E-state index contributed by atoms with van der Waals surface area (Å²) in [4.78, 5) is 16.8. The predicted octanol–water partition coefficient (Wildman–Crippen LogP) is 0.916. The molecule has 4 heteroatoms. The number of likely N-dealkylation sites (tertiary alicyclic amines) is 1. The minimum Gasteiger partial charge on any atom is -0.342 e. The Morgan fingerprint density at radius 3 is 2.33 bits per heavy atom. The van der Waals surface area contributed by atoms with Gasteiger partial charge in [0.05, 0.1) is 5.41 Å². The average molecular weight is 253 g/mol. The molecule has 0 aromatic rings. The second-order valence-corrected chi connectivity index (χ2v) is 6.34. The molecule has 1 saturated carbocycles. The quantitative estimate of drug-likeness (QED) is 0.810. The maximum atomic E-state index is 12.5. The molecule has 1 aliphatic carbocycles. The molecule has 1 amide bonds. The summed E-state index contributed by atoms with van der Waals surface area (Å²) in [6, 6.07) is 0. The highest BCUT2D eigenvalue weighted by molar-refractivity contribution is 5.84. The number of nitrogens with zero attached hydrogens (tertiary/aromatic N) is 2. The summed E-state index contributed by atoms with van der Waals surface area (Å²) < 4.78 is 0. The van der Waals surface area contributed by atoms with Crippen LogP contribution in [0.5, 0.6) is 0 Å². The summed E-state index contributed by atoms with van der Waals surface area (Å²) in [7, 11) is 4.24. The summed E-state index contributed by atoms with van der Waals surface area (Å²) in [6.07, 6.45) is 5.45. The minimum absolute atomic E-state index is 0.186. The van der Waals surface area contributed by atoms with Gasteiger partial charge in [-0.15, -0.1) is 0 Å². The van der Waals surface area contributed by atoms with Crippen molar-refractivity contribution < 1.29 is 4.79 Å². The topological polar surface area (TPSA) is 49.6 Å². The van der Waals surface area contributed by atoms with Crippen LogP contribution in [0, 0.1) is 11.3 Å². The van der Waals surface area contributed by atoms with Crippen molar-refractivity contribution in [2.75, 3.05) is 40.3 Å². The van der Waals surface area contributed by atoms with Crippen LogP contribution < -0.4 is 5.73 Å². The van der Waals surface area contributed by atoms with Gasteiger partial charge < -0.3 is 15.5 Å². The standard InChI is InChI=1S/C14H27N3O/c1-16(2)10-12-4-8-17(9-5-12)13(18)14(11-15)6-3-7-14/h12H,3-11,15H2,1-2H3. The second-order valence-electron chi connectivity index (χ2n) is 6.34. The molecule has 0 radical (unpaired) electrons. The van der Waals surface area contributed by atoms with Gasteiger partial charge in [-0.05, 0) is 45.7 Å². The van der Waals surface area contributed by atoms with Gasteiger partial charge >= 0.3 is 0 Å². The van der Waals surface area contributed by atoms with Crippen LogP contribution in [0.2, 0.25) is 0 Å². The number of carbonyl (C=O) groups is 1. The molecule has 0 unspecified atom stereocenters. The monoisotopic (exact) mass is 253 g/mol. The third-order valence-corrected chi connectivity index (χ3v) is 4.68. The first kappa shape index (κ1) is 13.8. The highest BCUT2D eigenvalue weighted by atomic mass is 16.2. The van der Waals surface area contributed by atoms with E-state index in [2.05, 4.69) is 23.9 Å². The van der Waals surface area contributed by atoms with Crippen LogP contribution in [0.15, 0.2) is 0 Å². The first-order chi connectivity index (χ1) is 8.57. The maximum Gasteiger partial charge on any atom is 0.230 e. The van der Waals surface area contributed by atoms with E-state index >= 15 is 0 Å². The lowest BCUT2D eigenvalue weighted by Gasteiger charge is -2.44. The summed E-state index contributed by atoms with van der Waals surface area (Å²) in [5.41, 5.74) is 5.63. The predicted molar refractivity (Wildman–Crippen MR) is 73.2 cm³/mol. The van der Waals surface area contributed by atoms with Crippen molar-refractivity contribution in [2.45, 2.75) is 32.1 Å². The largest absolute Gasteiger partial charge is 0.342 e. The van der Waals surface area contributed by atoms with Crippen LogP contribution in [0.1, 0.15) is 32.1 Å². The second kappa shape index (κ2) is 5.57. The Bertz CT molecular complexity index is 286. The van der Waals surface area contributed by atoms with E-state index < -0.39 is 0 Å². The number of piperidine rings is 1. The molecule has 0 spiro atoms. The Morgan fingerprint density at radius 2 is 1.94 bits per heavy atom. The molecule has 0 aromatic carbocycles. The molecule has 104 valence electrons. The first-order valence-electron chi connectivity index (χ1n) is 7.21. The van der Waals surface area contributed by atoms with Gasteiger partial charge in [-0.1, -0.05) is 6.42 Å². The van der Waals surface area contributed by atoms with Crippen molar-refractivity contribution in [3.63, 3.8) is 0 Å². The van der Waals surface area contributed by atoms with Crippen molar-refractivity contribution >= 4 is 5.91 Å². The van der Waals surface area contributed by atoms with E-state index in [4.69, 9.17) is 5.73 Å². The molecule has 2 N–H and O–H groups in total. The summed E-state index contributed by atoms with van der Waals surface area (Å²) in [6.45, 7) is 3.53. The maximum absolute atomic E-state index is 12.5. The molecular weight excluding hydrogens is 226 g/mol. The van der Waals surface area contributed by atoms with Gasteiger partial charge in [0.15, 0.2) is 0 Å². The molecule has 0 aromatic heterocycles. The minimum atomic E-state index is -0.186. The highest BCUT2D eigenvalue weighted by Gasteiger charge is 2.45. The molecule has 1 saturated heterocycles. The van der Waals surface area contributed by atoms with Crippen LogP contribution in [0.4, 0.5) is 0 Å². The van der Waals surface area contributed by atoms with Crippen LogP contribution >= 0.6 is 0 Å². The number of hydrogen-bond donors (Lipinski definition) is 1. The van der Waals surface area contributed by atoms with E-state index in [0.29, 0.717) is 12.5 Å². The van der Waals surface area contributed by atoms with Gasteiger partial charge in [0.2, 0.25) is 5.91 Å². The van der Waals surface area contributed by atoms with Crippen LogP contribution in [-0.4, -0.2) is 56.0 Å². The lowest BCUT2D eigenvalue weighted by atomic mass is 9.67. The zero-order chi connectivity index (χ0) is 13.2. The van der Waals surface area contributed by atoms with Gasteiger partial charge in [-0.25, -0.2) is 0 Å². The molecule has 0 bridgehead atoms. The molecule has 1 heterocycles. The summed E-state index contributed by atoms with van der Waals surface area (Å²) in [5, 5.41) is 0. The van der Waals surface area contributed by atoms with Crippen LogP contribution in [-0.2, 0) is 4.79 Å². The Labute approximate surface area is 110 Å². The molecule has 2 rings (SSSR count). The van der Waals surface area contributed by atoms with Crippen molar-refractivity contribution in [2.24, 2.45) is 17.1 Å². The van der Waals surface area contributed by atoms with E-state index in [9.17, 15) is 4.79 Å². The number of amides is 1. The molecule has 18 heavy (non-hydrogen) atoms. The molecule has 2 fully saturated rings. The number of nitrogens with two attached hydrogens (primary N) is 1. The molecule has 1 aliphatic heterocycles. The van der Waals surface area contributed by atoms with Gasteiger partial charge in [0.1, 0.15) is 0 Å². The number of hydrogen-bond acceptors (Lipinski definition) is 3. The molecular formula is C14H27N3O. The summed E-state index contributed by atoms with van der Waals surface area (Å²) >= 11 is 0. The van der Waals surface area contributed by atoms with Gasteiger partial charge in [0.25, 0.3) is 0 Å². The van der Waals surface area contributed by atoms with Gasteiger partial charge in [-0.3, -0.25) is 4.79 Å². The fourth-order valence-corrected chi connectivity index (χ4v) is 3.28. The Morgan fingerprint density at radius 1 is 1.33 bits per heavy atom. The van der Waals surface area contributed by atoms with E-state index in [0.717, 1.165) is 51.2 Å². The SMILES string of the molecule is CN(C)CC1CCN(C(=O)C2(CN)CCC2)CC1. The zero-order valence-electron chi connectivity index (χ0n) is 11.8. The number of rotatable bonds is 4. The van der Waals surface area contributed by atoms with Gasteiger partial charge in [-0.2, -0.15) is 0 Å². The lowest BCUT2D eigenvalue weighted by Crippen LogP contribution is -2.54. The first-order valence-corrected chi connectivity index (χ1v) is 7.21. The van der Waals surface area contributed by atoms with Crippen molar-refractivity contribution in [1.82, 2.24) is 9.80 Å². The van der Waals surface area contributed by atoms with Crippen LogP contribution in [0.3, 0.4) is 0 Å². The smallest absolute Gasteiger partial charge is 0.230 e. The van der Waals surface area contributed by atoms with E-state index in [-0.39, 0.29) is 5.41 Å². The molecule has 0 atom stereocenters. The third kappa shape index (κ3) is 2.69. The van der Waals surface area contributed by atoms with E-state index in [1.54, 1.807) is 0 Å². The third-order valence-electron chi connectivity index (χ3n) is 4.68. The highest BCUT2D eigenvalue weighted by Crippen LogP contribution is 2.42. The zero-order valence-corrected chi connectivity index (χ0v) is 11.8. The van der Waals surface area contributed by atoms with E-state index in [1.165, 1.54) is 6.42 Å². The Balaban J connectivity index is 1.84. The van der Waals surface area contributed by atoms with Crippen molar-refractivity contribution in [3.8, 4) is 0 Å². The number of carbonyl (C=O) groups excluding carboxylic acids is 1. The summed E-state index contributed by atoms with van der Waals surface area (Å²) in [5.74, 6) is 1.08. The fraction of sp³-hybridized carbons (Fsp3) is 0.929. The Hall–Kier alpha value is -0.610. The van der Waals surface area contributed by atoms with Crippen LogP contribution in [0.25, 0.3) is 0 Å². The van der Waals surface area contributed by atoms with Gasteiger partial charge in [0, 0.05) is 26.2 Å². The van der Waals surface area contributed by atoms with Crippen molar-refractivity contribution in [1.29, 1.82) is 0 Å². The van der Waals surface area contributed by atoms with E-state index in [1.807, 2.05) is 0 Å². The normalized spacial score (nSPS) is 24.1.